The Labute approximate surface area is 88.6 Å². The molecule has 1 aromatic rings. The van der Waals surface area contributed by atoms with E-state index in [1.54, 1.807) is 7.11 Å². The van der Waals surface area contributed by atoms with Gasteiger partial charge in [-0.1, -0.05) is 6.07 Å². The molecular weight excluding hydrogens is 192 g/mol. The van der Waals surface area contributed by atoms with Crippen molar-refractivity contribution in [2.45, 2.75) is 0 Å². The fourth-order valence-electron chi connectivity index (χ4n) is 1.42. The molecule has 0 unspecified atom stereocenters. The molecule has 0 spiro atoms. The summed E-state index contributed by atoms with van der Waals surface area (Å²) in [4.78, 5) is 11.6. The highest BCUT2D eigenvalue weighted by atomic mass is 16.5. The van der Waals surface area contributed by atoms with Crippen molar-refractivity contribution in [3.05, 3.63) is 24.3 Å². The largest absolute Gasteiger partial charge is 0.497 e. The van der Waals surface area contributed by atoms with Gasteiger partial charge < -0.3 is 15.4 Å². The second-order valence-electron chi connectivity index (χ2n) is 3.58. The lowest BCUT2D eigenvalue weighted by Gasteiger charge is -2.25. The van der Waals surface area contributed by atoms with Crippen LogP contribution >= 0.6 is 0 Å². The highest BCUT2D eigenvalue weighted by Crippen LogP contribution is 2.17. The second-order valence-corrected chi connectivity index (χ2v) is 3.58. The number of benzene rings is 1. The minimum atomic E-state index is 0.0713. The van der Waals surface area contributed by atoms with Crippen LogP contribution in [-0.2, 0) is 4.79 Å². The fourth-order valence-corrected chi connectivity index (χ4v) is 1.42. The Bertz CT molecular complexity index is 361. The third-order valence-electron chi connectivity index (χ3n) is 2.49. The normalized spacial score (nSPS) is 15.5. The average Bonchev–Trinajstić information content (AvgIpc) is 2.15. The summed E-state index contributed by atoms with van der Waals surface area (Å²) in [7, 11) is 1.61. The van der Waals surface area contributed by atoms with Gasteiger partial charge in [0, 0.05) is 24.8 Å². The van der Waals surface area contributed by atoms with Gasteiger partial charge in [0.15, 0.2) is 0 Å². The Morgan fingerprint density at radius 2 is 2.33 bits per heavy atom. The Balaban J connectivity index is 1.99. The van der Waals surface area contributed by atoms with E-state index in [1.807, 2.05) is 24.3 Å². The lowest BCUT2D eigenvalue weighted by atomic mass is 10.0. The summed E-state index contributed by atoms with van der Waals surface area (Å²) in [6.07, 6.45) is 0. The molecular formula is C11H14N2O2. The molecule has 0 aromatic heterocycles. The van der Waals surface area contributed by atoms with Crippen molar-refractivity contribution in [2.24, 2.45) is 5.92 Å². The minimum Gasteiger partial charge on any atom is -0.497 e. The molecule has 15 heavy (non-hydrogen) atoms. The van der Waals surface area contributed by atoms with Crippen LogP contribution in [0.15, 0.2) is 24.3 Å². The molecule has 1 heterocycles. The number of carbonyl (C=O) groups is 1. The maximum atomic E-state index is 11.6. The molecule has 80 valence electrons. The van der Waals surface area contributed by atoms with Gasteiger partial charge in [-0.3, -0.25) is 4.79 Å². The monoisotopic (exact) mass is 206 g/mol. The summed E-state index contributed by atoms with van der Waals surface area (Å²) in [5, 5.41) is 5.92. The lowest BCUT2D eigenvalue weighted by molar-refractivity contribution is -0.121. The first-order valence-electron chi connectivity index (χ1n) is 4.95. The number of nitrogens with one attached hydrogen (secondary N) is 2. The molecule has 1 fully saturated rings. The first-order chi connectivity index (χ1) is 7.29. The van der Waals surface area contributed by atoms with E-state index in [9.17, 15) is 4.79 Å². The van der Waals surface area contributed by atoms with E-state index < -0.39 is 0 Å². The summed E-state index contributed by atoms with van der Waals surface area (Å²) in [6.45, 7) is 1.55. The molecule has 2 rings (SSSR count). The molecule has 1 amide bonds. The molecule has 1 saturated heterocycles. The van der Waals surface area contributed by atoms with Crippen LogP contribution in [0.4, 0.5) is 5.69 Å². The number of hydrogen-bond donors (Lipinski definition) is 2. The smallest absolute Gasteiger partial charge is 0.230 e. The number of rotatable bonds is 3. The second kappa shape index (κ2) is 4.31. The van der Waals surface area contributed by atoms with Crippen LogP contribution in [0.2, 0.25) is 0 Å². The highest BCUT2D eigenvalue weighted by Gasteiger charge is 2.24. The van der Waals surface area contributed by atoms with Crippen molar-refractivity contribution in [1.82, 2.24) is 5.32 Å². The molecule has 4 nitrogen and oxygen atoms in total. The number of hydrogen-bond acceptors (Lipinski definition) is 3. The van der Waals surface area contributed by atoms with E-state index >= 15 is 0 Å². The third-order valence-corrected chi connectivity index (χ3v) is 2.49. The van der Waals surface area contributed by atoms with Gasteiger partial charge in [-0.25, -0.2) is 0 Å². The van der Waals surface area contributed by atoms with Crippen molar-refractivity contribution in [1.29, 1.82) is 0 Å². The zero-order chi connectivity index (χ0) is 10.7. The molecule has 4 heteroatoms. The Hall–Kier alpha value is -1.55. The first kappa shape index (κ1) is 9.98. The zero-order valence-electron chi connectivity index (χ0n) is 8.62. The topological polar surface area (TPSA) is 50.4 Å². The minimum absolute atomic E-state index is 0.0713. The summed E-state index contributed by atoms with van der Waals surface area (Å²) in [5.41, 5.74) is 0.784. The van der Waals surface area contributed by atoms with Crippen molar-refractivity contribution in [3.63, 3.8) is 0 Å². The number of anilines is 1. The van der Waals surface area contributed by atoms with Crippen LogP contribution in [0.3, 0.4) is 0 Å². The lowest BCUT2D eigenvalue weighted by Crippen LogP contribution is -2.48. The molecule has 0 atom stereocenters. The predicted molar refractivity (Wildman–Crippen MR) is 58.0 cm³/mol. The van der Waals surface area contributed by atoms with E-state index in [0.29, 0.717) is 0 Å². The standard InChI is InChI=1S/C11H14N2O2/c1-15-10-4-2-3-9(5-10)13-11(14)8-6-12-7-8/h2-5,8,12H,6-7H2,1H3,(H,13,14). The van der Waals surface area contributed by atoms with Gasteiger partial charge in [-0.15, -0.1) is 0 Å². The molecule has 2 N–H and O–H groups in total. The summed E-state index contributed by atoms with van der Waals surface area (Å²) in [6, 6.07) is 7.37. The molecule has 0 bridgehead atoms. The van der Waals surface area contributed by atoms with E-state index in [4.69, 9.17) is 4.74 Å². The van der Waals surface area contributed by atoms with Crippen LogP contribution in [-0.4, -0.2) is 26.1 Å². The average molecular weight is 206 g/mol. The highest BCUT2D eigenvalue weighted by molar-refractivity contribution is 5.93. The molecule has 1 aromatic carbocycles. The maximum Gasteiger partial charge on any atom is 0.230 e. The SMILES string of the molecule is COc1cccc(NC(=O)C2CNC2)c1. The quantitative estimate of drug-likeness (QED) is 0.771. The molecule has 1 aliphatic heterocycles. The number of methoxy groups -OCH3 is 1. The van der Waals surface area contributed by atoms with Crippen LogP contribution in [0.5, 0.6) is 5.75 Å². The first-order valence-corrected chi connectivity index (χ1v) is 4.95. The van der Waals surface area contributed by atoms with E-state index in [1.165, 1.54) is 0 Å². The molecule has 0 saturated carbocycles. The van der Waals surface area contributed by atoms with Crippen LogP contribution < -0.4 is 15.4 Å². The van der Waals surface area contributed by atoms with Gasteiger partial charge in [0.2, 0.25) is 5.91 Å². The van der Waals surface area contributed by atoms with Gasteiger partial charge in [-0.2, -0.15) is 0 Å². The Kier molecular flexibility index (Phi) is 2.87. The van der Waals surface area contributed by atoms with Gasteiger partial charge >= 0.3 is 0 Å². The zero-order valence-corrected chi connectivity index (χ0v) is 8.62. The van der Waals surface area contributed by atoms with Gasteiger partial charge in [-0.05, 0) is 12.1 Å². The van der Waals surface area contributed by atoms with Crippen LogP contribution in [0.25, 0.3) is 0 Å². The van der Waals surface area contributed by atoms with Crippen molar-refractivity contribution >= 4 is 11.6 Å². The molecule has 0 radical (unpaired) electrons. The predicted octanol–water partition coefficient (Wildman–Crippen LogP) is 0.853. The maximum absolute atomic E-state index is 11.6. The number of carbonyl (C=O) groups excluding carboxylic acids is 1. The fraction of sp³-hybridized carbons (Fsp3) is 0.364. The third kappa shape index (κ3) is 2.27. The van der Waals surface area contributed by atoms with E-state index in [0.717, 1.165) is 24.5 Å². The van der Waals surface area contributed by atoms with Crippen molar-refractivity contribution in [2.75, 3.05) is 25.5 Å². The Morgan fingerprint density at radius 3 is 2.93 bits per heavy atom. The van der Waals surface area contributed by atoms with Gasteiger partial charge in [0.05, 0.1) is 13.0 Å². The van der Waals surface area contributed by atoms with Crippen LogP contribution in [0, 0.1) is 5.92 Å². The number of amides is 1. The van der Waals surface area contributed by atoms with Gasteiger partial charge in [0.1, 0.15) is 5.75 Å². The Morgan fingerprint density at radius 1 is 1.53 bits per heavy atom. The van der Waals surface area contributed by atoms with E-state index in [-0.39, 0.29) is 11.8 Å². The molecule has 1 aliphatic rings. The summed E-state index contributed by atoms with van der Waals surface area (Å²) in [5.74, 6) is 0.928. The van der Waals surface area contributed by atoms with E-state index in [2.05, 4.69) is 10.6 Å². The summed E-state index contributed by atoms with van der Waals surface area (Å²) >= 11 is 0. The van der Waals surface area contributed by atoms with Crippen LogP contribution in [0.1, 0.15) is 0 Å². The summed E-state index contributed by atoms with van der Waals surface area (Å²) < 4.78 is 5.07. The van der Waals surface area contributed by atoms with Gasteiger partial charge in [0.25, 0.3) is 0 Å². The van der Waals surface area contributed by atoms with Crippen molar-refractivity contribution < 1.29 is 9.53 Å². The molecule has 0 aliphatic carbocycles. The van der Waals surface area contributed by atoms with Crippen molar-refractivity contribution in [3.8, 4) is 5.75 Å². The number of ether oxygens (including phenoxy) is 1.